The lowest BCUT2D eigenvalue weighted by Gasteiger charge is -2.13. The number of hydrogen-bond acceptors (Lipinski definition) is 3. The summed E-state index contributed by atoms with van der Waals surface area (Å²) in [5, 5.41) is 5.53. The molecule has 2 aromatic rings. The molecule has 0 unspecified atom stereocenters. The standard InChI is InChI=1S/C19H22N2O3/c1-12-5-6-15(9-13(12)2)10-19(23)21-17-11-16(20-14(3)22)7-8-18(17)24-4/h5-9,11H,10H2,1-4H3,(H,20,22)(H,21,23). The zero-order valence-electron chi connectivity index (χ0n) is 14.4. The Labute approximate surface area is 142 Å². The van der Waals surface area contributed by atoms with Gasteiger partial charge in [0.1, 0.15) is 5.75 Å². The molecule has 2 rings (SSSR count). The summed E-state index contributed by atoms with van der Waals surface area (Å²) in [5.74, 6) is 0.224. The Balaban J connectivity index is 2.14. The van der Waals surface area contributed by atoms with E-state index in [1.165, 1.54) is 19.6 Å². The van der Waals surface area contributed by atoms with Gasteiger partial charge >= 0.3 is 0 Å². The van der Waals surface area contributed by atoms with Crippen LogP contribution in [0.5, 0.6) is 5.75 Å². The highest BCUT2D eigenvalue weighted by atomic mass is 16.5. The molecule has 0 saturated heterocycles. The van der Waals surface area contributed by atoms with Gasteiger partial charge in [0, 0.05) is 12.6 Å². The van der Waals surface area contributed by atoms with E-state index < -0.39 is 0 Å². The molecular weight excluding hydrogens is 304 g/mol. The molecule has 0 bridgehead atoms. The number of rotatable bonds is 5. The summed E-state index contributed by atoms with van der Waals surface area (Å²) in [6.07, 6.45) is 0.272. The Morgan fingerprint density at radius 3 is 2.38 bits per heavy atom. The van der Waals surface area contributed by atoms with Gasteiger partial charge in [0.2, 0.25) is 11.8 Å². The number of hydrogen-bond donors (Lipinski definition) is 2. The number of ether oxygens (including phenoxy) is 1. The van der Waals surface area contributed by atoms with Crippen molar-refractivity contribution in [2.45, 2.75) is 27.2 Å². The van der Waals surface area contributed by atoms with Crippen molar-refractivity contribution in [3.05, 3.63) is 53.1 Å². The quantitative estimate of drug-likeness (QED) is 0.884. The molecule has 0 fully saturated rings. The molecule has 0 heterocycles. The maximum atomic E-state index is 12.3. The predicted molar refractivity (Wildman–Crippen MR) is 95.5 cm³/mol. The van der Waals surface area contributed by atoms with E-state index in [0.29, 0.717) is 17.1 Å². The molecule has 0 aliphatic carbocycles. The van der Waals surface area contributed by atoms with Crippen molar-refractivity contribution in [1.82, 2.24) is 0 Å². The minimum Gasteiger partial charge on any atom is -0.495 e. The van der Waals surface area contributed by atoms with Crippen LogP contribution in [0.1, 0.15) is 23.6 Å². The highest BCUT2D eigenvalue weighted by molar-refractivity contribution is 5.95. The van der Waals surface area contributed by atoms with Crippen LogP contribution >= 0.6 is 0 Å². The molecule has 0 radical (unpaired) electrons. The summed E-state index contributed by atoms with van der Waals surface area (Å²) < 4.78 is 5.26. The smallest absolute Gasteiger partial charge is 0.228 e. The normalized spacial score (nSPS) is 10.2. The van der Waals surface area contributed by atoms with E-state index in [2.05, 4.69) is 10.6 Å². The summed E-state index contributed by atoms with van der Waals surface area (Å²) in [6.45, 7) is 5.50. The highest BCUT2D eigenvalue weighted by Crippen LogP contribution is 2.28. The first-order valence-electron chi connectivity index (χ1n) is 7.70. The summed E-state index contributed by atoms with van der Waals surface area (Å²) in [6, 6.07) is 11.1. The van der Waals surface area contributed by atoms with Crippen LogP contribution < -0.4 is 15.4 Å². The van der Waals surface area contributed by atoms with E-state index in [1.807, 2.05) is 32.0 Å². The van der Waals surface area contributed by atoms with Gasteiger partial charge in [-0.05, 0) is 48.7 Å². The number of methoxy groups -OCH3 is 1. The molecule has 0 spiro atoms. The maximum Gasteiger partial charge on any atom is 0.228 e. The third kappa shape index (κ3) is 4.59. The maximum absolute atomic E-state index is 12.3. The summed E-state index contributed by atoms with van der Waals surface area (Å²) >= 11 is 0. The minimum absolute atomic E-state index is 0.142. The number of aryl methyl sites for hydroxylation is 2. The first kappa shape index (κ1) is 17.5. The van der Waals surface area contributed by atoms with E-state index in [0.717, 1.165) is 11.1 Å². The summed E-state index contributed by atoms with van der Waals surface area (Å²) in [7, 11) is 1.53. The number of carbonyl (C=O) groups excluding carboxylic acids is 2. The number of amides is 2. The Bertz CT molecular complexity index is 769. The van der Waals surface area contributed by atoms with E-state index in [9.17, 15) is 9.59 Å². The largest absolute Gasteiger partial charge is 0.495 e. The molecule has 0 saturated carbocycles. The Morgan fingerprint density at radius 2 is 1.75 bits per heavy atom. The van der Waals surface area contributed by atoms with Gasteiger partial charge in [-0.25, -0.2) is 0 Å². The first-order chi connectivity index (χ1) is 11.4. The molecule has 0 aromatic heterocycles. The highest BCUT2D eigenvalue weighted by Gasteiger charge is 2.10. The van der Waals surface area contributed by atoms with Gasteiger partial charge in [-0.15, -0.1) is 0 Å². The third-order valence-corrected chi connectivity index (χ3v) is 3.73. The molecule has 2 aromatic carbocycles. The molecule has 0 aliphatic heterocycles. The Morgan fingerprint density at radius 1 is 1.00 bits per heavy atom. The van der Waals surface area contributed by atoms with Gasteiger partial charge in [-0.1, -0.05) is 18.2 Å². The second kappa shape index (κ2) is 7.64. The van der Waals surface area contributed by atoms with Crippen LogP contribution in [0.25, 0.3) is 0 Å². The summed E-state index contributed by atoms with van der Waals surface area (Å²) in [5.41, 5.74) is 4.43. The summed E-state index contributed by atoms with van der Waals surface area (Å²) in [4.78, 5) is 23.5. The van der Waals surface area contributed by atoms with Crippen molar-refractivity contribution in [3.63, 3.8) is 0 Å². The lowest BCUT2D eigenvalue weighted by Crippen LogP contribution is -2.15. The SMILES string of the molecule is COc1ccc(NC(C)=O)cc1NC(=O)Cc1ccc(C)c(C)c1. The third-order valence-electron chi connectivity index (χ3n) is 3.73. The lowest BCUT2D eigenvalue weighted by atomic mass is 10.0. The van der Waals surface area contributed by atoms with E-state index in [-0.39, 0.29) is 18.2 Å². The average Bonchev–Trinajstić information content (AvgIpc) is 2.50. The molecule has 5 heteroatoms. The van der Waals surface area contributed by atoms with Crippen molar-refractivity contribution in [2.75, 3.05) is 17.7 Å². The average molecular weight is 326 g/mol. The number of nitrogens with one attached hydrogen (secondary N) is 2. The van der Waals surface area contributed by atoms with Gasteiger partial charge < -0.3 is 15.4 Å². The van der Waals surface area contributed by atoms with Crippen LogP contribution in [0.15, 0.2) is 36.4 Å². The van der Waals surface area contributed by atoms with Crippen molar-refractivity contribution < 1.29 is 14.3 Å². The fraction of sp³-hybridized carbons (Fsp3) is 0.263. The molecule has 0 aliphatic rings. The van der Waals surface area contributed by atoms with Gasteiger partial charge in [0.05, 0.1) is 19.2 Å². The van der Waals surface area contributed by atoms with Crippen molar-refractivity contribution >= 4 is 23.2 Å². The first-order valence-corrected chi connectivity index (χ1v) is 7.70. The topological polar surface area (TPSA) is 67.4 Å². The van der Waals surface area contributed by atoms with Crippen molar-refractivity contribution in [3.8, 4) is 5.75 Å². The molecule has 24 heavy (non-hydrogen) atoms. The van der Waals surface area contributed by atoms with Crippen LogP contribution in [0.3, 0.4) is 0 Å². The lowest BCUT2D eigenvalue weighted by molar-refractivity contribution is -0.116. The second-order valence-corrected chi connectivity index (χ2v) is 5.74. The van der Waals surface area contributed by atoms with Crippen molar-refractivity contribution in [2.24, 2.45) is 0 Å². The van der Waals surface area contributed by atoms with E-state index in [1.54, 1.807) is 18.2 Å². The molecule has 126 valence electrons. The zero-order valence-corrected chi connectivity index (χ0v) is 14.4. The molecular formula is C19H22N2O3. The number of anilines is 2. The molecule has 2 N–H and O–H groups in total. The van der Waals surface area contributed by atoms with Gasteiger partial charge in [0.15, 0.2) is 0 Å². The monoisotopic (exact) mass is 326 g/mol. The Hall–Kier alpha value is -2.82. The molecule has 5 nitrogen and oxygen atoms in total. The van der Waals surface area contributed by atoms with Gasteiger partial charge in [0.25, 0.3) is 0 Å². The predicted octanol–water partition coefficient (Wildman–Crippen LogP) is 3.45. The second-order valence-electron chi connectivity index (χ2n) is 5.74. The van der Waals surface area contributed by atoms with Crippen LogP contribution in [0.4, 0.5) is 11.4 Å². The van der Waals surface area contributed by atoms with Gasteiger partial charge in [-0.3, -0.25) is 9.59 Å². The zero-order chi connectivity index (χ0) is 17.7. The fourth-order valence-corrected chi connectivity index (χ4v) is 2.38. The van der Waals surface area contributed by atoms with Crippen LogP contribution in [0, 0.1) is 13.8 Å². The fourth-order valence-electron chi connectivity index (χ4n) is 2.38. The number of benzene rings is 2. The van der Waals surface area contributed by atoms with Crippen molar-refractivity contribution in [1.29, 1.82) is 0 Å². The number of carbonyl (C=O) groups is 2. The minimum atomic E-state index is -0.174. The Kier molecular flexibility index (Phi) is 5.58. The molecule has 2 amide bonds. The van der Waals surface area contributed by atoms with Crippen LogP contribution in [-0.2, 0) is 16.0 Å². The van der Waals surface area contributed by atoms with Crippen LogP contribution in [-0.4, -0.2) is 18.9 Å². The van der Waals surface area contributed by atoms with E-state index in [4.69, 9.17) is 4.74 Å². The van der Waals surface area contributed by atoms with Gasteiger partial charge in [-0.2, -0.15) is 0 Å². The van der Waals surface area contributed by atoms with Crippen LogP contribution in [0.2, 0.25) is 0 Å². The molecule has 0 atom stereocenters. The van der Waals surface area contributed by atoms with E-state index >= 15 is 0 Å².